The number of nitrogens with zero attached hydrogens (tertiary/aromatic N) is 5. The Morgan fingerprint density at radius 3 is 2.65 bits per heavy atom. The lowest BCUT2D eigenvalue weighted by Crippen LogP contribution is -2.24. The number of aromatic nitrogens is 6. The van der Waals surface area contributed by atoms with Gasteiger partial charge in [0.05, 0.1) is 12.6 Å². The predicted octanol–water partition coefficient (Wildman–Crippen LogP) is 4.45. The van der Waals surface area contributed by atoms with Crippen molar-refractivity contribution in [1.29, 1.82) is 0 Å². The molecule has 0 aliphatic carbocycles. The van der Waals surface area contributed by atoms with Gasteiger partial charge in [0.25, 0.3) is 11.7 Å². The Bertz CT molecular complexity index is 1600. The van der Waals surface area contributed by atoms with Crippen LogP contribution in [0.25, 0.3) is 33.8 Å². The van der Waals surface area contributed by atoms with E-state index in [-0.39, 0.29) is 17.8 Å². The van der Waals surface area contributed by atoms with Crippen LogP contribution < -0.4 is 10.1 Å². The number of nitrogens with one attached hydrogen (secondary N) is 2. The number of pyridine rings is 2. The van der Waals surface area contributed by atoms with E-state index in [1.807, 2.05) is 20.8 Å². The van der Waals surface area contributed by atoms with Crippen LogP contribution in [0.2, 0.25) is 0 Å². The summed E-state index contributed by atoms with van der Waals surface area (Å²) >= 11 is 0. The van der Waals surface area contributed by atoms with Crippen molar-refractivity contribution in [3.05, 3.63) is 71.9 Å². The quantitative estimate of drug-likeness (QED) is 0.349. The minimum atomic E-state index is -0.547. The normalized spacial score (nSPS) is 11.6. The molecule has 0 atom stereocenters. The van der Waals surface area contributed by atoms with Crippen molar-refractivity contribution in [2.75, 3.05) is 7.11 Å². The van der Waals surface area contributed by atoms with Gasteiger partial charge < -0.3 is 19.6 Å². The van der Waals surface area contributed by atoms with Gasteiger partial charge >= 0.3 is 0 Å². The van der Waals surface area contributed by atoms with Crippen LogP contribution >= 0.6 is 0 Å². The van der Waals surface area contributed by atoms with Gasteiger partial charge in [0.15, 0.2) is 11.5 Å². The van der Waals surface area contributed by atoms with Crippen molar-refractivity contribution in [3.63, 3.8) is 0 Å². The first-order valence-corrected chi connectivity index (χ1v) is 11.5. The number of methoxy groups -OCH3 is 1. The highest BCUT2D eigenvalue weighted by molar-refractivity contribution is 5.91. The molecule has 1 aromatic carbocycles. The highest BCUT2D eigenvalue weighted by atomic mass is 19.1. The molecule has 0 spiro atoms. The van der Waals surface area contributed by atoms with Gasteiger partial charge in [-0.05, 0) is 23.8 Å². The van der Waals surface area contributed by atoms with Crippen molar-refractivity contribution in [3.8, 4) is 28.4 Å². The number of rotatable bonds is 6. The Kier molecular flexibility index (Phi) is 6.12. The molecule has 5 aromatic rings. The van der Waals surface area contributed by atoms with E-state index in [9.17, 15) is 4.79 Å². The topological polar surface area (TPSA) is 132 Å². The first kappa shape index (κ1) is 24.0. The zero-order valence-electron chi connectivity index (χ0n) is 20.7. The third kappa shape index (κ3) is 4.88. The summed E-state index contributed by atoms with van der Waals surface area (Å²) in [6, 6.07) is 10.1. The molecule has 0 bridgehead atoms. The molecule has 0 saturated heterocycles. The summed E-state index contributed by atoms with van der Waals surface area (Å²) in [6.45, 7) is 5.66. The number of aromatic amines is 1. The third-order valence-electron chi connectivity index (χ3n) is 5.68. The van der Waals surface area contributed by atoms with Gasteiger partial charge in [-0.25, -0.2) is 14.4 Å². The SMILES string of the molecule is COc1ccnc(-c2nc3nccc(-c4ccc(CNC(=O)c5noc(C(C)(C)C)n5)c(F)c4)c3[nH]2)c1. The average Bonchev–Trinajstić information content (AvgIpc) is 3.56. The summed E-state index contributed by atoms with van der Waals surface area (Å²) in [5.74, 6) is 0.403. The summed E-state index contributed by atoms with van der Waals surface area (Å²) < 4.78 is 25.4. The minimum absolute atomic E-state index is 0.0359. The molecule has 0 fully saturated rings. The van der Waals surface area contributed by atoms with Crippen molar-refractivity contribution < 1.29 is 18.4 Å². The number of fused-ring (bicyclic) bond motifs is 1. The summed E-state index contributed by atoms with van der Waals surface area (Å²) in [4.78, 5) is 33.0. The lowest BCUT2D eigenvalue weighted by Gasteiger charge is -2.10. The standard InChI is InChI=1S/C26H24FN7O3/c1-26(2,3)25-33-23(34-37-25)24(35)30-13-15-6-5-14(11-18(15)27)17-8-10-29-22-20(17)31-21(32-22)19-12-16(36-4)7-9-28-19/h5-12H,13H2,1-4H3,(H,30,35)(H,29,31,32). The predicted molar refractivity (Wildman–Crippen MR) is 133 cm³/mol. The zero-order chi connectivity index (χ0) is 26.2. The van der Waals surface area contributed by atoms with Crippen LogP contribution in [0.15, 0.2) is 53.3 Å². The van der Waals surface area contributed by atoms with Gasteiger partial charge in [-0.3, -0.25) is 9.78 Å². The van der Waals surface area contributed by atoms with E-state index < -0.39 is 11.7 Å². The fraction of sp³-hybridized carbons (Fsp3) is 0.231. The second kappa shape index (κ2) is 9.41. The number of imidazole rings is 1. The maximum absolute atomic E-state index is 15.0. The monoisotopic (exact) mass is 501 g/mol. The number of amides is 1. The van der Waals surface area contributed by atoms with Crippen LogP contribution in [0, 0.1) is 5.82 Å². The molecule has 5 rings (SSSR count). The molecule has 10 nitrogen and oxygen atoms in total. The van der Waals surface area contributed by atoms with Crippen molar-refractivity contribution in [2.24, 2.45) is 0 Å². The number of halogens is 1. The molecule has 0 saturated carbocycles. The summed E-state index contributed by atoms with van der Waals surface area (Å²) in [7, 11) is 1.58. The number of hydrogen-bond acceptors (Lipinski definition) is 8. The molecule has 37 heavy (non-hydrogen) atoms. The summed E-state index contributed by atoms with van der Waals surface area (Å²) in [6.07, 6.45) is 3.24. The molecular formula is C26H24FN7O3. The molecule has 0 aliphatic heterocycles. The molecule has 0 radical (unpaired) electrons. The highest BCUT2D eigenvalue weighted by Crippen LogP contribution is 2.30. The van der Waals surface area contributed by atoms with Crippen molar-refractivity contribution in [1.82, 2.24) is 35.4 Å². The van der Waals surface area contributed by atoms with Crippen LogP contribution in [0.5, 0.6) is 5.75 Å². The van der Waals surface area contributed by atoms with Crippen LogP contribution in [0.1, 0.15) is 42.8 Å². The van der Waals surface area contributed by atoms with Gasteiger partial charge in [-0.1, -0.05) is 38.1 Å². The minimum Gasteiger partial charge on any atom is -0.497 e. The Labute approximate surface area is 211 Å². The van der Waals surface area contributed by atoms with E-state index in [2.05, 4.69) is 35.4 Å². The number of carbonyl (C=O) groups is 1. The molecule has 0 aliphatic rings. The molecule has 0 unspecified atom stereocenters. The van der Waals surface area contributed by atoms with E-state index in [0.29, 0.717) is 45.4 Å². The fourth-order valence-electron chi connectivity index (χ4n) is 3.67. The second-order valence-corrected chi connectivity index (χ2v) is 9.39. The summed E-state index contributed by atoms with van der Waals surface area (Å²) in [5.41, 5.74) is 3.00. The van der Waals surface area contributed by atoms with Crippen LogP contribution in [-0.4, -0.2) is 43.1 Å². The largest absolute Gasteiger partial charge is 0.497 e. The van der Waals surface area contributed by atoms with E-state index in [1.54, 1.807) is 49.8 Å². The second-order valence-electron chi connectivity index (χ2n) is 9.39. The van der Waals surface area contributed by atoms with E-state index in [0.717, 1.165) is 5.56 Å². The van der Waals surface area contributed by atoms with Gasteiger partial charge in [0.2, 0.25) is 5.89 Å². The Morgan fingerprint density at radius 1 is 1.11 bits per heavy atom. The van der Waals surface area contributed by atoms with Crippen LogP contribution in [-0.2, 0) is 12.0 Å². The van der Waals surface area contributed by atoms with Gasteiger partial charge in [-0.15, -0.1) is 0 Å². The Balaban J connectivity index is 1.37. The maximum atomic E-state index is 15.0. The van der Waals surface area contributed by atoms with Gasteiger partial charge in [-0.2, -0.15) is 4.98 Å². The van der Waals surface area contributed by atoms with Crippen LogP contribution in [0.3, 0.4) is 0 Å². The van der Waals surface area contributed by atoms with E-state index in [4.69, 9.17) is 9.26 Å². The molecule has 2 N–H and O–H groups in total. The number of carbonyl (C=O) groups excluding carboxylic acids is 1. The molecule has 4 heterocycles. The number of hydrogen-bond donors (Lipinski definition) is 2. The Morgan fingerprint density at radius 2 is 1.92 bits per heavy atom. The smallest absolute Gasteiger partial charge is 0.292 e. The lowest BCUT2D eigenvalue weighted by atomic mass is 9.97. The zero-order valence-corrected chi connectivity index (χ0v) is 20.7. The van der Waals surface area contributed by atoms with E-state index >= 15 is 4.39 Å². The lowest BCUT2D eigenvalue weighted by molar-refractivity contribution is 0.0937. The number of ether oxygens (including phenoxy) is 1. The summed E-state index contributed by atoms with van der Waals surface area (Å²) in [5, 5.41) is 6.35. The average molecular weight is 502 g/mol. The number of benzene rings is 1. The fourth-order valence-corrected chi connectivity index (χ4v) is 3.67. The van der Waals surface area contributed by atoms with Crippen LogP contribution in [0.4, 0.5) is 4.39 Å². The molecule has 188 valence electrons. The first-order chi connectivity index (χ1) is 17.7. The van der Waals surface area contributed by atoms with Gasteiger partial charge in [0, 0.05) is 41.5 Å². The molecule has 11 heteroatoms. The third-order valence-corrected chi connectivity index (χ3v) is 5.68. The highest BCUT2D eigenvalue weighted by Gasteiger charge is 2.24. The Hall–Kier alpha value is -4.67. The van der Waals surface area contributed by atoms with Crippen molar-refractivity contribution in [2.45, 2.75) is 32.7 Å². The molecule has 1 amide bonds. The van der Waals surface area contributed by atoms with E-state index in [1.165, 1.54) is 6.07 Å². The molecular weight excluding hydrogens is 477 g/mol. The van der Waals surface area contributed by atoms with Gasteiger partial charge in [0.1, 0.15) is 17.3 Å². The number of H-pyrrole nitrogens is 1. The first-order valence-electron chi connectivity index (χ1n) is 11.5. The molecule has 4 aromatic heterocycles. The maximum Gasteiger partial charge on any atom is 0.292 e. The van der Waals surface area contributed by atoms with Crippen molar-refractivity contribution >= 4 is 17.1 Å².